The van der Waals surface area contributed by atoms with E-state index in [4.69, 9.17) is 0 Å². The number of likely N-dealkylation sites (tertiary alicyclic amines) is 1. The van der Waals surface area contributed by atoms with Crippen LogP contribution in [0.15, 0.2) is 34.7 Å². The van der Waals surface area contributed by atoms with E-state index in [9.17, 15) is 19.7 Å². The Morgan fingerprint density at radius 2 is 2.11 bits per heavy atom. The molecule has 1 amide bonds. The van der Waals surface area contributed by atoms with Crippen molar-refractivity contribution in [2.75, 3.05) is 7.05 Å². The number of hydrogen-bond acceptors (Lipinski definition) is 4. The van der Waals surface area contributed by atoms with Crippen molar-refractivity contribution in [1.29, 1.82) is 0 Å². The SMILES string of the molecule is CC1=C2C(=CC([N+](=O)[O-])=CC3CC13)C(=O)C(=O)N2C. The van der Waals surface area contributed by atoms with E-state index in [-0.39, 0.29) is 23.1 Å². The minimum Gasteiger partial charge on any atom is -0.308 e. The van der Waals surface area contributed by atoms with E-state index in [1.807, 2.05) is 6.92 Å². The Kier molecular flexibility index (Phi) is 2.26. The van der Waals surface area contributed by atoms with Crippen LogP contribution in [-0.2, 0) is 9.59 Å². The third-order valence-electron chi connectivity index (χ3n) is 3.99. The lowest BCUT2D eigenvalue weighted by molar-refractivity contribution is -0.419. The van der Waals surface area contributed by atoms with E-state index < -0.39 is 16.6 Å². The molecule has 6 heteroatoms. The third-order valence-corrected chi connectivity index (χ3v) is 3.99. The van der Waals surface area contributed by atoms with Gasteiger partial charge in [0.2, 0.25) is 0 Å². The lowest BCUT2D eigenvalue weighted by Crippen LogP contribution is -2.22. The topological polar surface area (TPSA) is 80.5 Å². The van der Waals surface area contributed by atoms with Crippen LogP contribution in [0.1, 0.15) is 13.3 Å². The van der Waals surface area contributed by atoms with Gasteiger partial charge in [-0.25, -0.2) is 0 Å². The standard InChI is InChI=1S/C13H12N2O4/c1-6-9-4-7(9)3-8(15(18)19)5-10-11(6)14(2)13(17)12(10)16/h3,5,7,9H,4H2,1-2H3. The van der Waals surface area contributed by atoms with Crippen molar-refractivity contribution in [3.63, 3.8) is 0 Å². The van der Waals surface area contributed by atoms with Gasteiger partial charge in [0.05, 0.1) is 16.2 Å². The molecule has 98 valence electrons. The van der Waals surface area contributed by atoms with Crippen molar-refractivity contribution in [3.8, 4) is 0 Å². The average Bonchev–Trinajstić information content (AvgIpc) is 3.07. The molecule has 6 nitrogen and oxygen atoms in total. The number of carbonyl (C=O) groups is 2. The molecule has 0 aromatic carbocycles. The van der Waals surface area contributed by atoms with E-state index in [0.29, 0.717) is 5.70 Å². The van der Waals surface area contributed by atoms with Crippen LogP contribution in [0.4, 0.5) is 0 Å². The summed E-state index contributed by atoms with van der Waals surface area (Å²) < 4.78 is 0. The maximum Gasteiger partial charge on any atom is 0.299 e. The average molecular weight is 260 g/mol. The summed E-state index contributed by atoms with van der Waals surface area (Å²) in [5, 5.41) is 11.0. The first-order valence-electron chi connectivity index (χ1n) is 6.03. The fourth-order valence-corrected chi connectivity index (χ4v) is 2.87. The second-order valence-corrected chi connectivity index (χ2v) is 5.14. The van der Waals surface area contributed by atoms with Gasteiger partial charge in [-0.1, -0.05) is 0 Å². The number of likely N-dealkylation sites (N-methyl/N-ethyl adjacent to an activating group) is 1. The number of nitro groups is 1. The number of ketones is 1. The summed E-state index contributed by atoms with van der Waals surface area (Å²) in [7, 11) is 1.54. The molecule has 3 rings (SSSR count). The summed E-state index contributed by atoms with van der Waals surface area (Å²) in [5.74, 6) is -0.939. The third kappa shape index (κ3) is 1.56. The number of fused-ring (bicyclic) bond motifs is 2. The van der Waals surface area contributed by atoms with Crippen LogP contribution in [0.3, 0.4) is 0 Å². The fourth-order valence-electron chi connectivity index (χ4n) is 2.87. The van der Waals surface area contributed by atoms with Crippen molar-refractivity contribution in [2.45, 2.75) is 13.3 Å². The maximum atomic E-state index is 11.9. The van der Waals surface area contributed by atoms with Crippen molar-refractivity contribution in [3.05, 3.63) is 44.8 Å². The fraction of sp³-hybridized carbons (Fsp3) is 0.385. The molecule has 2 atom stereocenters. The number of amides is 1. The zero-order valence-electron chi connectivity index (χ0n) is 10.5. The van der Waals surface area contributed by atoms with E-state index in [2.05, 4.69) is 0 Å². The molecule has 0 spiro atoms. The number of hydrogen-bond donors (Lipinski definition) is 0. The van der Waals surface area contributed by atoms with Gasteiger partial charge >= 0.3 is 0 Å². The van der Waals surface area contributed by atoms with Crippen molar-refractivity contribution in [2.24, 2.45) is 11.8 Å². The molecule has 2 unspecified atom stereocenters. The van der Waals surface area contributed by atoms with Crippen LogP contribution >= 0.6 is 0 Å². The summed E-state index contributed by atoms with van der Waals surface area (Å²) in [6.45, 7) is 1.89. The molecule has 0 N–H and O–H groups in total. The highest BCUT2D eigenvalue weighted by Gasteiger charge is 2.46. The normalized spacial score (nSPS) is 29.3. The molecule has 0 aromatic rings. The quantitative estimate of drug-likeness (QED) is 0.401. The van der Waals surface area contributed by atoms with Crippen molar-refractivity contribution in [1.82, 2.24) is 4.90 Å². The monoisotopic (exact) mass is 260 g/mol. The smallest absolute Gasteiger partial charge is 0.299 e. The Morgan fingerprint density at radius 3 is 2.74 bits per heavy atom. The zero-order valence-corrected chi connectivity index (χ0v) is 10.5. The Bertz CT molecular complexity index is 627. The lowest BCUT2D eigenvalue weighted by Gasteiger charge is -2.15. The highest BCUT2D eigenvalue weighted by molar-refractivity contribution is 6.47. The summed E-state index contributed by atoms with van der Waals surface area (Å²) >= 11 is 0. The molecule has 1 heterocycles. The first-order chi connectivity index (χ1) is 8.91. The van der Waals surface area contributed by atoms with Crippen LogP contribution in [-0.4, -0.2) is 28.6 Å². The van der Waals surface area contributed by atoms with Crippen LogP contribution in [0.2, 0.25) is 0 Å². The molecule has 0 aromatic heterocycles. The highest BCUT2D eigenvalue weighted by atomic mass is 16.6. The molecule has 19 heavy (non-hydrogen) atoms. The second-order valence-electron chi connectivity index (χ2n) is 5.14. The summed E-state index contributed by atoms with van der Waals surface area (Å²) in [6, 6.07) is 0. The largest absolute Gasteiger partial charge is 0.308 e. The van der Waals surface area contributed by atoms with Gasteiger partial charge in [-0.2, -0.15) is 0 Å². The van der Waals surface area contributed by atoms with Gasteiger partial charge < -0.3 is 4.90 Å². The highest BCUT2D eigenvalue weighted by Crippen LogP contribution is 2.49. The van der Waals surface area contributed by atoms with Gasteiger partial charge in [0.15, 0.2) is 0 Å². The minimum absolute atomic E-state index is 0.0936. The summed E-state index contributed by atoms with van der Waals surface area (Å²) in [4.78, 5) is 35.4. The zero-order chi connectivity index (χ0) is 13.9. The number of rotatable bonds is 1. The Balaban J connectivity index is 2.23. The van der Waals surface area contributed by atoms with Crippen molar-refractivity contribution < 1.29 is 14.5 Å². The Hall–Kier alpha value is -2.24. The van der Waals surface area contributed by atoms with E-state index >= 15 is 0 Å². The van der Waals surface area contributed by atoms with Crippen LogP contribution < -0.4 is 0 Å². The lowest BCUT2D eigenvalue weighted by atomic mass is 9.99. The first-order valence-corrected chi connectivity index (χ1v) is 6.03. The van der Waals surface area contributed by atoms with Gasteiger partial charge in [0, 0.05) is 13.1 Å². The van der Waals surface area contributed by atoms with Gasteiger partial charge in [-0.3, -0.25) is 19.7 Å². The first kappa shape index (κ1) is 11.8. The Labute approximate surface area is 109 Å². The molecule has 1 saturated heterocycles. The van der Waals surface area contributed by atoms with Crippen LogP contribution in [0, 0.1) is 22.0 Å². The molecular weight excluding hydrogens is 248 g/mol. The van der Waals surface area contributed by atoms with E-state index in [1.54, 1.807) is 6.08 Å². The Morgan fingerprint density at radius 1 is 1.42 bits per heavy atom. The minimum atomic E-state index is -0.663. The number of carbonyl (C=O) groups excluding carboxylic acids is 2. The van der Waals surface area contributed by atoms with Gasteiger partial charge in [-0.05, 0) is 36.8 Å². The predicted molar refractivity (Wildman–Crippen MR) is 65.2 cm³/mol. The molecule has 1 saturated carbocycles. The number of Topliss-reactive ketones (excluding diaryl/α,β-unsaturated/α-hetero) is 1. The van der Waals surface area contributed by atoms with E-state index in [1.165, 1.54) is 18.0 Å². The molecule has 0 bridgehead atoms. The molecule has 0 radical (unpaired) electrons. The number of allylic oxidation sites excluding steroid dienone is 4. The van der Waals surface area contributed by atoms with Gasteiger partial charge in [-0.15, -0.1) is 0 Å². The van der Waals surface area contributed by atoms with Crippen molar-refractivity contribution >= 4 is 11.7 Å². The second kappa shape index (κ2) is 3.63. The molecule has 2 aliphatic carbocycles. The molecule has 2 fully saturated rings. The van der Waals surface area contributed by atoms with E-state index in [0.717, 1.165) is 12.0 Å². The molecule has 1 aliphatic heterocycles. The van der Waals surface area contributed by atoms with Gasteiger partial charge in [0.25, 0.3) is 17.4 Å². The predicted octanol–water partition coefficient (Wildman–Crippen LogP) is 1.04. The van der Waals surface area contributed by atoms with Gasteiger partial charge in [0.1, 0.15) is 0 Å². The van der Waals surface area contributed by atoms with Crippen LogP contribution in [0.25, 0.3) is 0 Å². The molecular formula is C13H12N2O4. The van der Waals surface area contributed by atoms with Crippen LogP contribution in [0.5, 0.6) is 0 Å². The molecule has 3 aliphatic rings. The summed E-state index contributed by atoms with van der Waals surface area (Å²) in [6.07, 6.45) is 3.66. The summed E-state index contributed by atoms with van der Waals surface area (Å²) in [5.41, 5.74) is 1.58. The maximum absolute atomic E-state index is 11.9. The number of nitrogens with zero attached hydrogens (tertiary/aromatic N) is 2.